The van der Waals surface area contributed by atoms with Crippen molar-refractivity contribution in [3.8, 4) is 0 Å². The van der Waals surface area contributed by atoms with E-state index in [2.05, 4.69) is 0 Å². The van der Waals surface area contributed by atoms with Crippen LogP contribution in [0.25, 0.3) is 0 Å². The molecule has 0 rings (SSSR count). The normalized spacial score (nSPS) is 9.40. The Morgan fingerprint density at radius 1 is 1.00 bits per heavy atom. The van der Waals surface area contributed by atoms with E-state index in [-0.39, 0.29) is 35.9 Å². The van der Waals surface area contributed by atoms with E-state index in [1.54, 1.807) is 0 Å². The Labute approximate surface area is 107 Å². The topological polar surface area (TPSA) is 141 Å². The fourth-order valence-electron chi connectivity index (χ4n) is 0.684. The zero-order valence-corrected chi connectivity index (χ0v) is 8.87. The number of aliphatic carboxylic acids is 3. The zero-order chi connectivity index (χ0) is 10.6. The second-order valence-corrected chi connectivity index (χ2v) is 2.42. The maximum atomic E-state index is 10.1. The first-order valence-electron chi connectivity index (χ1n) is 3.11. The van der Waals surface area contributed by atoms with Crippen LogP contribution in [-0.2, 0) is 31.5 Å². The fourth-order valence-corrected chi connectivity index (χ4v) is 0.684. The van der Waals surface area contributed by atoms with Gasteiger partial charge in [0.1, 0.15) is 5.60 Å². The van der Waals surface area contributed by atoms with Gasteiger partial charge in [-0.15, -0.1) is 0 Å². The molecule has 15 heavy (non-hydrogen) atoms. The molecule has 0 saturated carbocycles. The van der Waals surface area contributed by atoms with Crippen molar-refractivity contribution in [1.29, 1.82) is 0 Å². The summed E-state index contributed by atoms with van der Waals surface area (Å²) in [7, 11) is 0. The van der Waals surface area contributed by atoms with E-state index in [9.17, 15) is 29.7 Å². The summed E-state index contributed by atoms with van der Waals surface area (Å²) in [5, 5.41) is 38.9. The summed E-state index contributed by atoms with van der Waals surface area (Å²) in [5.74, 6) is -5.98. The van der Waals surface area contributed by atoms with Gasteiger partial charge in [0.15, 0.2) is 0 Å². The van der Waals surface area contributed by atoms with E-state index in [0.717, 1.165) is 0 Å². The summed E-state index contributed by atoms with van der Waals surface area (Å²) in [6, 6.07) is 0. The van der Waals surface area contributed by atoms with Crippen LogP contribution in [0.15, 0.2) is 0 Å². The van der Waals surface area contributed by atoms with Crippen molar-refractivity contribution in [2.75, 3.05) is 0 Å². The molecular weight excluding hydrogens is 246 g/mol. The van der Waals surface area contributed by atoms with E-state index in [1.807, 2.05) is 0 Å². The van der Waals surface area contributed by atoms with E-state index >= 15 is 0 Å². The smallest absolute Gasteiger partial charge is 0.550 e. The van der Waals surface area contributed by atoms with Gasteiger partial charge in [0, 0.05) is 24.8 Å². The summed E-state index contributed by atoms with van der Waals surface area (Å²) < 4.78 is 0. The first kappa shape index (κ1) is 20.0. The van der Waals surface area contributed by atoms with Gasteiger partial charge >= 0.3 is 35.9 Å². The van der Waals surface area contributed by atoms with Gasteiger partial charge < -0.3 is 34.8 Å². The minimum Gasteiger partial charge on any atom is -0.550 e. The van der Waals surface area contributed by atoms with E-state index in [4.69, 9.17) is 5.11 Å². The van der Waals surface area contributed by atoms with Crippen LogP contribution in [0.1, 0.15) is 12.8 Å². The van der Waals surface area contributed by atoms with Crippen LogP contribution >= 0.6 is 0 Å². The Kier molecular flexibility index (Phi) is 10.3. The standard InChI is InChI=1S/C6H8O7.Li.Mn/c7-3(8)1-6(13,5(11)12)2-4(9)10;;/h13H,1-2H2,(H,7,8)(H,9,10)(H,11,12);;/q;+1;+2/p-3. The first-order valence-corrected chi connectivity index (χ1v) is 3.11. The van der Waals surface area contributed by atoms with Crippen LogP contribution in [0, 0.1) is 0 Å². The molecule has 0 saturated heterocycles. The summed E-state index contributed by atoms with van der Waals surface area (Å²) in [6.07, 6.45) is -2.72. The van der Waals surface area contributed by atoms with Crippen molar-refractivity contribution in [2.24, 2.45) is 0 Å². The molecule has 0 bridgehead atoms. The number of carboxylic acid groups (broad SMARTS) is 3. The minimum absolute atomic E-state index is 0. The van der Waals surface area contributed by atoms with Crippen LogP contribution in [0.2, 0.25) is 0 Å². The molecule has 7 nitrogen and oxygen atoms in total. The largest absolute Gasteiger partial charge is 2.00 e. The second kappa shape index (κ2) is 7.74. The molecular formula is C6H5LiMnO7. The molecule has 0 aliphatic rings. The van der Waals surface area contributed by atoms with Crippen molar-refractivity contribution in [1.82, 2.24) is 0 Å². The quantitative estimate of drug-likeness (QED) is 0.478. The van der Waals surface area contributed by atoms with Gasteiger partial charge in [0.05, 0.1) is 5.97 Å². The maximum absolute atomic E-state index is 10.1. The van der Waals surface area contributed by atoms with Crippen molar-refractivity contribution >= 4 is 17.9 Å². The number of carbonyl (C=O) groups excluding carboxylic acids is 3. The molecule has 0 aromatic carbocycles. The molecule has 0 unspecified atom stereocenters. The molecule has 0 spiro atoms. The number of carboxylic acids is 3. The third-order valence-corrected chi connectivity index (χ3v) is 1.25. The second-order valence-electron chi connectivity index (χ2n) is 2.42. The Morgan fingerprint density at radius 3 is 1.40 bits per heavy atom. The third-order valence-electron chi connectivity index (χ3n) is 1.25. The minimum atomic E-state index is -2.97. The van der Waals surface area contributed by atoms with Crippen LogP contribution < -0.4 is 34.2 Å². The predicted octanol–water partition coefficient (Wildman–Crippen LogP) is -8.25. The molecule has 0 heterocycles. The molecule has 1 N–H and O–H groups in total. The van der Waals surface area contributed by atoms with E-state index in [0.29, 0.717) is 0 Å². The maximum Gasteiger partial charge on any atom is 2.00 e. The van der Waals surface area contributed by atoms with Crippen molar-refractivity contribution < 1.29 is 70.7 Å². The van der Waals surface area contributed by atoms with Gasteiger partial charge in [-0.2, -0.15) is 0 Å². The van der Waals surface area contributed by atoms with Crippen LogP contribution in [0.4, 0.5) is 0 Å². The molecule has 0 aliphatic heterocycles. The number of rotatable bonds is 5. The van der Waals surface area contributed by atoms with Gasteiger partial charge in [-0.1, -0.05) is 0 Å². The molecule has 0 aromatic heterocycles. The van der Waals surface area contributed by atoms with Gasteiger partial charge in [-0.25, -0.2) is 0 Å². The summed E-state index contributed by atoms with van der Waals surface area (Å²) in [4.78, 5) is 30.0. The number of hydrogen-bond donors (Lipinski definition) is 1. The van der Waals surface area contributed by atoms with Gasteiger partial charge in [-0.05, 0) is 0 Å². The predicted molar refractivity (Wildman–Crippen MR) is 29.2 cm³/mol. The van der Waals surface area contributed by atoms with Gasteiger partial charge in [0.2, 0.25) is 0 Å². The average molecular weight is 251 g/mol. The number of carbonyl (C=O) groups is 3. The molecule has 79 valence electrons. The van der Waals surface area contributed by atoms with Gasteiger partial charge in [-0.3, -0.25) is 0 Å². The molecule has 1 radical (unpaired) electrons. The molecule has 0 atom stereocenters. The summed E-state index contributed by atoms with van der Waals surface area (Å²) >= 11 is 0. The van der Waals surface area contributed by atoms with E-state index in [1.165, 1.54) is 0 Å². The molecule has 0 fully saturated rings. The van der Waals surface area contributed by atoms with E-state index < -0.39 is 36.4 Å². The van der Waals surface area contributed by atoms with Crippen molar-refractivity contribution in [3.05, 3.63) is 0 Å². The van der Waals surface area contributed by atoms with Crippen molar-refractivity contribution in [3.63, 3.8) is 0 Å². The van der Waals surface area contributed by atoms with Crippen molar-refractivity contribution in [2.45, 2.75) is 18.4 Å². The molecule has 0 amide bonds. The Hall–Kier alpha value is -0.513. The molecule has 0 aliphatic carbocycles. The van der Waals surface area contributed by atoms with Crippen LogP contribution in [-0.4, -0.2) is 28.6 Å². The number of hydrogen-bond acceptors (Lipinski definition) is 7. The van der Waals surface area contributed by atoms with Crippen LogP contribution in [0.3, 0.4) is 0 Å². The average Bonchev–Trinajstić information content (AvgIpc) is 1.82. The molecule has 0 aromatic rings. The first-order chi connectivity index (χ1) is 5.78. The monoisotopic (exact) mass is 251 g/mol. The number of aliphatic hydroxyl groups is 1. The Bertz CT molecular complexity index is 238. The van der Waals surface area contributed by atoms with Gasteiger partial charge in [0.25, 0.3) is 0 Å². The summed E-state index contributed by atoms with van der Waals surface area (Å²) in [6.45, 7) is 0. The Balaban J connectivity index is -0.000000720. The Morgan fingerprint density at radius 2 is 1.27 bits per heavy atom. The zero-order valence-electron chi connectivity index (χ0n) is 7.69. The third kappa shape index (κ3) is 7.42. The van der Waals surface area contributed by atoms with Crippen LogP contribution in [0.5, 0.6) is 0 Å². The fraction of sp³-hybridized carbons (Fsp3) is 0.500. The SMILES string of the molecule is O=C([O-])CC(O)(CC(=O)[O-])C(=O)[O-].[Li+].[Mn+2]. The summed E-state index contributed by atoms with van der Waals surface area (Å²) in [5.41, 5.74) is -2.97. The molecule has 9 heteroatoms.